The molecule has 0 saturated carbocycles. The number of amides is 1. The van der Waals surface area contributed by atoms with Gasteiger partial charge in [-0.1, -0.05) is 0 Å². The quantitative estimate of drug-likeness (QED) is 0.924. The third-order valence-corrected chi connectivity index (χ3v) is 4.00. The number of aliphatic carboxylic acids is 1. The van der Waals surface area contributed by atoms with Gasteiger partial charge in [-0.25, -0.2) is 9.18 Å². The summed E-state index contributed by atoms with van der Waals surface area (Å²) in [6.07, 6.45) is 1.14. The van der Waals surface area contributed by atoms with E-state index in [0.717, 1.165) is 0 Å². The Morgan fingerprint density at radius 2 is 2.14 bits per heavy atom. The number of aryl methyl sites for hydroxylation is 1. The van der Waals surface area contributed by atoms with Crippen LogP contribution in [-0.2, 0) is 4.79 Å². The minimum absolute atomic E-state index is 0.332. The smallest absolute Gasteiger partial charge is 0.326 e. The van der Waals surface area contributed by atoms with E-state index in [1.54, 1.807) is 19.1 Å². The molecule has 2 aromatic rings. The first-order valence-corrected chi connectivity index (χ1v) is 7.08. The van der Waals surface area contributed by atoms with Crippen molar-refractivity contribution in [2.75, 3.05) is 6.54 Å². The van der Waals surface area contributed by atoms with Gasteiger partial charge in [0.25, 0.3) is 5.91 Å². The Morgan fingerprint density at radius 1 is 1.36 bits per heavy atom. The molecule has 0 bridgehead atoms. The minimum Gasteiger partial charge on any atom is -0.480 e. The summed E-state index contributed by atoms with van der Waals surface area (Å²) in [7, 11) is 0. The zero-order valence-corrected chi connectivity index (χ0v) is 12.0. The van der Waals surface area contributed by atoms with Gasteiger partial charge in [-0.05, 0) is 38.0 Å². The van der Waals surface area contributed by atoms with Crippen LogP contribution >= 0.6 is 0 Å². The maximum atomic E-state index is 13.2. The molecular formula is C16H15FN2O3. The third kappa shape index (κ3) is 2.41. The molecule has 22 heavy (non-hydrogen) atoms. The van der Waals surface area contributed by atoms with Crippen molar-refractivity contribution in [3.8, 4) is 0 Å². The van der Waals surface area contributed by atoms with Crippen LogP contribution in [0.5, 0.6) is 0 Å². The van der Waals surface area contributed by atoms with E-state index in [1.165, 1.54) is 17.0 Å². The molecule has 0 spiro atoms. The van der Waals surface area contributed by atoms with Crippen LogP contribution in [-0.4, -0.2) is 39.5 Å². The SMILES string of the molecule is Cc1nc2cc(F)ccc2cc1C(=O)N1CCC[C@H]1C(=O)O. The average Bonchev–Trinajstić information content (AvgIpc) is 2.95. The van der Waals surface area contributed by atoms with Crippen LogP contribution in [0.4, 0.5) is 4.39 Å². The molecule has 0 aliphatic carbocycles. The van der Waals surface area contributed by atoms with Crippen LogP contribution in [0.3, 0.4) is 0 Å². The van der Waals surface area contributed by atoms with E-state index in [2.05, 4.69) is 4.98 Å². The van der Waals surface area contributed by atoms with Crippen LogP contribution in [0.2, 0.25) is 0 Å². The zero-order valence-electron chi connectivity index (χ0n) is 12.0. The third-order valence-electron chi connectivity index (χ3n) is 4.00. The second-order valence-corrected chi connectivity index (χ2v) is 5.45. The highest BCUT2D eigenvalue weighted by molar-refractivity contribution is 6.00. The Kier molecular flexibility index (Phi) is 3.52. The van der Waals surface area contributed by atoms with Gasteiger partial charge in [-0.3, -0.25) is 9.78 Å². The second-order valence-electron chi connectivity index (χ2n) is 5.45. The summed E-state index contributed by atoms with van der Waals surface area (Å²) >= 11 is 0. The molecule has 1 atom stereocenters. The highest BCUT2D eigenvalue weighted by Crippen LogP contribution is 2.24. The molecule has 114 valence electrons. The van der Waals surface area contributed by atoms with Crippen molar-refractivity contribution >= 4 is 22.8 Å². The van der Waals surface area contributed by atoms with E-state index in [0.29, 0.717) is 41.5 Å². The predicted molar refractivity (Wildman–Crippen MR) is 78.1 cm³/mol. The largest absolute Gasteiger partial charge is 0.480 e. The van der Waals surface area contributed by atoms with Crippen molar-refractivity contribution in [2.45, 2.75) is 25.8 Å². The fraction of sp³-hybridized carbons (Fsp3) is 0.312. The molecule has 1 aromatic heterocycles. The molecule has 1 fully saturated rings. The summed E-state index contributed by atoms with van der Waals surface area (Å²) in [6, 6.07) is 5.05. The number of aromatic nitrogens is 1. The monoisotopic (exact) mass is 302 g/mol. The Bertz CT molecular complexity index is 775. The van der Waals surface area contributed by atoms with Gasteiger partial charge in [0.2, 0.25) is 0 Å². The summed E-state index contributed by atoms with van der Waals surface area (Å²) in [4.78, 5) is 29.5. The van der Waals surface area contributed by atoms with Gasteiger partial charge in [0, 0.05) is 18.0 Å². The first kappa shape index (κ1) is 14.4. The van der Waals surface area contributed by atoms with Gasteiger partial charge < -0.3 is 10.0 Å². The van der Waals surface area contributed by atoms with Gasteiger partial charge in [-0.2, -0.15) is 0 Å². The van der Waals surface area contributed by atoms with Crippen molar-refractivity contribution < 1.29 is 19.1 Å². The lowest BCUT2D eigenvalue weighted by Crippen LogP contribution is -2.40. The lowest BCUT2D eigenvalue weighted by atomic mass is 10.1. The predicted octanol–water partition coefficient (Wildman–Crippen LogP) is 2.37. The molecule has 5 nitrogen and oxygen atoms in total. The van der Waals surface area contributed by atoms with Gasteiger partial charge in [0.05, 0.1) is 16.8 Å². The van der Waals surface area contributed by atoms with Gasteiger partial charge in [0.15, 0.2) is 0 Å². The van der Waals surface area contributed by atoms with Crippen molar-refractivity contribution in [1.29, 1.82) is 0 Å². The van der Waals surface area contributed by atoms with E-state index in [4.69, 9.17) is 0 Å². The van der Waals surface area contributed by atoms with Crippen LogP contribution in [0.1, 0.15) is 28.9 Å². The lowest BCUT2D eigenvalue weighted by molar-refractivity contribution is -0.141. The first-order valence-electron chi connectivity index (χ1n) is 7.08. The Labute approximate surface area is 126 Å². The van der Waals surface area contributed by atoms with Crippen molar-refractivity contribution in [1.82, 2.24) is 9.88 Å². The Hall–Kier alpha value is -2.50. The molecule has 1 aromatic carbocycles. The van der Waals surface area contributed by atoms with Gasteiger partial charge in [0.1, 0.15) is 11.9 Å². The molecule has 1 aliphatic rings. The molecule has 1 saturated heterocycles. The van der Waals surface area contributed by atoms with Gasteiger partial charge >= 0.3 is 5.97 Å². The molecule has 0 radical (unpaired) electrons. The number of hydrogen-bond acceptors (Lipinski definition) is 3. The van der Waals surface area contributed by atoms with E-state index in [-0.39, 0.29) is 11.7 Å². The number of hydrogen-bond donors (Lipinski definition) is 1. The van der Waals surface area contributed by atoms with E-state index in [1.807, 2.05) is 0 Å². The molecule has 1 amide bonds. The number of likely N-dealkylation sites (tertiary alicyclic amines) is 1. The molecule has 1 N–H and O–H groups in total. The van der Waals surface area contributed by atoms with Crippen LogP contribution in [0, 0.1) is 12.7 Å². The molecule has 1 aliphatic heterocycles. The summed E-state index contributed by atoms with van der Waals surface area (Å²) in [6.45, 7) is 2.10. The van der Waals surface area contributed by atoms with Gasteiger partial charge in [-0.15, -0.1) is 0 Å². The maximum absolute atomic E-state index is 13.2. The van der Waals surface area contributed by atoms with Crippen molar-refractivity contribution in [3.63, 3.8) is 0 Å². The summed E-state index contributed by atoms with van der Waals surface area (Å²) < 4.78 is 13.2. The molecule has 3 rings (SSSR count). The van der Waals surface area contributed by atoms with Crippen LogP contribution < -0.4 is 0 Å². The number of benzene rings is 1. The number of halogens is 1. The number of pyridine rings is 1. The van der Waals surface area contributed by atoms with E-state index in [9.17, 15) is 19.1 Å². The second kappa shape index (κ2) is 5.36. The molecule has 0 unspecified atom stereocenters. The Morgan fingerprint density at radius 3 is 2.86 bits per heavy atom. The molecular weight excluding hydrogens is 287 g/mol. The highest BCUT2D eigenvalue weighted by atomic mass is 19.1. The normalized spacial score (nSPS) is 17.9. The highest BCUT2D eigenvalue weighted by Gasteiger charge is 2.35. The van der Waals surface area contributed by atoms with Crippen molar-refractivity contribution in [3.05, 3.63) is 41.3 Å². The molecule has 2 heterocycles. The number of nitrogens with zero attached hydrogens (tertiary/aromatic N) is 2. The fourth-order valence-electron chi connectivity index (χ4n) is 2.87. The van der Waals surface area contributed by atoms with E-state index >= 15 is 0 Å². The number of carboxylic acid groups (broad SMARTS) is 1. The van der Waals surface area contributed by atoms with Crippen molar-refractivity contribution in [2.24, 2.45) is 0 Å². The maximum Gasteiger partial charge on any atom is 0.326 e. The molecule has 6 heteroatoms. The number of rotatable bonds is 2. The average molecular weight is 302 g/mol. The number of carboxylic acids is 1. The number of carbonyl (C=O) groups is 2. The lowest BCUT2D eigenvalue weighted by Gasteiger charge is -2.22. The summed E-state index contributed by atoms with van der Waals surface area (Å²) in [5.74, 6) is -1.70. The number of carbonyl (C=O) groups excluding carboxylic acids is 1. The number of fused-ring (bicyclic) bond motifs is 1. The summed E-state index contributed by atoms with van der Waals surface area (Å²) in [5, 5.41) is 9.85. The minimum atomic E-state index is -0.987. The Balaban J connectivity index is 2.02. The van der Waals surface area contributed by atoms with Crippen LogP contribution in [0.25, 0.3) is 10.9 Å². The first-order chi connectivity index (χ1) is 10.5. The zero-order chi connectivity index (χ0) is 15.9. The fourth-order valence-corrected chi connectivity index (χ4v) is 2.87. The standard InChI is InChI=1S/C16H15FN2O3/c1-9-12(7-10-4-5-11(17)8-13(10)18-9)15(20)19-6-2-3-14(19)16(21)22/h4-5,7-8,14H,2-3,6H2,1H3,(H,21,22)/t14-/m0/s1. The summed E-state index contributed by atoms with van der Waals surface area (Å²) in [5.41, 5.74) is 1.32. The topological polar surface area (TPSA) is 70.5 Å². The van der Waals surface area contributed by atoms with E-state index < -0.39 is 12.0 Å². The van der Waals surface area contributed by atoms with Crippen LogP contribution in [0.15, 0.2) is 24.3 Å².